The second-order valence-electron chi connectivity index (χ2n) is 5.46. The summed E-state index contributed by atoms with van der Waals surface area (Å²) in [4.78, 5) is 49.5. The Bertz CT molecular complexity index is 390. The third-order valence-electron chi connectivity index (χ3n) is 3.38. The van der Waals surface area contributed by atoms with Crippen LogP contribution in [0.3, 0.4) is 0 Å². The van der Waals surface area contributed by atoms with Crippen LogP contribution in [-0.2, 0) is 28.9 Å². The number of hydrogen-bond donors (Lipinski definition) is 1. The van der Waals surface area contributed by atoms with E-state index in [1.54, 1.807) is 20.8 Å². The molecule has 0 heterocycles. The molecule has 0 rings (SSSR count). The molecule has 0 aliphatic heterocycles. The third-order valence-corrected chi connectivity index (χ3v) is 3.38. The summed E-state index contributed by atoms with van der Waals surface area (Å²) >= 11 is 0. The predicted molar refractivity (Wildman–Crippen MR) is 111 cm³/mol. The Morgan fingerprint density at radius 3 is 1.06 bits per heavy atom. The summed E-state index contributed by atoms with van der Waals surface area (Å²) in [5.41, 5.74) is 0. The van der Waals surface area contributed by atoms with E-state index >= 15 is 0 Å². The van der Waals surface area contributed by atoms with Crippen molar-refractivity contribution in [3.05, 3.63) is 0 Å². The van der Waals surface area contributed by atoms with Gasteiger partial charge < -0.3 is 49.6 Å². The fourth-order valence-electron chi connectivity index (χ4n) is 0.621. The molecule has 0 aromatic rings. The molecule has 0 aliphatic carbocycles. The Kier molecular flexibility index (Phi) is 126. The van der Waals surface area contributed by atoms with Crippen molar-refractivity contribution in [1.82, 2.24) is 0 Å². The van der Waals surface area contributed by atoms with Gasteiger partial charge in [0, 0.05) is 17.9 Å². The minimum atomic E-state index is -0.956. The molecule has 0 bridgehead atoms. The van der Waals surface area contributed by atoms with Crippen molar-refractivity contribution < 1.29 is 148 Å². The van der Waals surface area contributed by atoms with Crippen molar-refractivity contribution in [2.24, 2.45) is 17.8 Å². The topological polar surface area (TPSA) is 214 Å². The predicted octanol–water partition coefficient (Wildman–Crippen LogP) is -10.4. The number of Topliss-reactive ketones (excluding diaryl/α,β-unsaturated/α-hetero) is 1. The van der Waals surface area contributed by atoms with Crippen molar-refractivity contribution in [3.8, 4) is 0 Å². The quantitative estimate of drug-likeness (QED) is 0.0985. The van der Waals surface area contributed by atoms with Crippen LogP contribution in [0.25, 0.3) is 0 Å². The molecule has 3 unspecified atom stereocenters. The summed E-state index contributed by atoms with van der Waals surface area (Å²) in [6.45, 7) is 12.8. The summed E-state index contributed by atoms with van der Waals surface area (Å²) in [6.07, 6.45) is 2.28. The average molecular weight is 578 g/mol. The fraction of sp³-hybridized carbons (Fsp3) is 0.722. The van der Waals surface area contributed by atoms with Gasteiger partial charge in [-0.1, -0.05) is 48.0 Å². The van der Waals surface area contributed by atoms with Gasteiger partial charge in [0.05, 0.1) is 0 Å². The maximum Gasteiger partial charge on any atom is 2.00 e. The minimum Gasteiger partial charge on any atom is -1.00 e. The van der Waals surface area contributed by atoms with Gasteiger partial charge in [0.25, 0.3) is 6.47 Å². The Hall–Kier alpha value is 2.99. The zero-order valence-corrected chi connectivity index (χ0v) is 32.8. The number of rotatable bonds is 7. The number of carboxylic acid groups (broad SMARTS) is 2. The van der Waals surface area contributed by atoms with Gasteiger partial charge in [0.15, 0.2) is 0 Å². The third kappa shape index (κ3) is 83.6. The summed E-state index contributed by atoms with van der Waals surface area (Å²) in [7, 11) is 0. The van der Waals surface area contributed by atoms with Crippen LogP contribution in [0.4, 0.5) is 0 Å². The van der Waals surface area contributed by atoms with Crippen LogP contribution in [0.1, 0.15) is 72.0 Å². The molecule has 11 nitrogen and oxygen atoms in total. The van der Waals surface area contributed by atoms with Gasteiger partial charge in [0.2, 0.25) is 0 Å². The summed E-state index contributed by atoms with van der Waals surface area (Å²) in [5, 5.41) is 34.8. The van der Waals surface area contributed by atoms with Crippen molar-refractivity contribution in [2.75, 3.05) is 0 Å². The molecule has 16 heteroatoms. The van der Waals surface area contributed by atoms with E-state index in [1.165, 1.54) is 0 Å². The smallest absolute Gasteiger partial charge is 1.00 e. The SMILES string of the molecule is CCC(C)C(=O)[O-].CCC(C)C(=O)[O-].CCC(C)C(C)=O.O=CO[O-].O=[C-]O.[Ca+2].[Ca+2].[H-].[H-].[H-].[Na+].[Na+].[Na+].[OH-]. The van der Waals surface area contributed by atoms with E-state index < -0.39 is 11.9 Å². The van der Waals surface area contributed by atoms with Gasteiger partial charge >= 0.3 is 164 Å². The molecule has 0 radical (unpaired) electrons. The Balaban J connectivity index is -0.0000000144. The van der Waals surface area contributed by atoms with Gasteiger partial charge in [-0.25, -0.2) is 0 Å². The molecule has 0 spiro atoms. The number of carbonyl (C=O) groups is 4. The molecule has 0 amide bonds. The maximum atomic E-state index is 10.4. The monoisotopic (exact) mass is 577 g/mol. The first-order valence-corrected chi connectivity index (χ1v) is 8.53. The zero-order chi connectivity index (χ0) is 23.7. The molecule has 0 saturated carbocycles. The second kappa shape index (κ2) is 60.5. The summed E-state index contributed by atoms with van der Waals surface area (Å²) < 4.78 is 0. The number of aliphatic carboxylic acids is 2. The van der Waals surface area contributed by atoms with Gasteiger partial charge in [-0.05, 0) is 38.0 Å². The van der Waals surface area contributed by atoms with Gasteiger partial charge in [-0.15, -0.1) is 0 Å². The molecule has 0 aliphatic rings. The second-order valence-corrected chi connectivity index (χ2v) is 5.46. The van der Waals surface area contributed by atoms with Crippen LogP contribution in [0, 0.1) is 17.8 Å². The maximum absolute atomic E-state index is 10.4. The molecule has 0 saturated heterocycles. The van der Waals surface area contributed by atoms with Crippen LogP contribution >= 0.6 is 0 Å². The summed E-state index contributed by atoms with van der Waals surface area (Å²) in [6, 6.07) is 0. The number of aliphatic hydroxyl groups excluding tert-OH is 1. The van der Waals surface area contributed by atoms with E-state index in [9.17, 15) is 24.6 Å². The number of ketones is 1. The van der Waals surface area contributed by atoms with Crippen LogP contribution in [-0.4, -0.2) is 117 Å². The number of carbonyl (C=O) groups excluding carboxylic acids is 4. The molecule has 0 aromatic carbocycles. The van der Waals surface area contributed by atoms with Crippen molar-refractivity contribution in [3.63, 3.8) is 0 Å². The molecular weight excluding hydrogens is 541 g/mol. The van der Waals surface area contributed by atoms with Gasteiger partial charge in [-0.3, -0.25) is 9.59 Å². The van der Waals surface area contributed by atoms with Crippen molar-refractivity contribution >= 4 is 106 Å². The van der Waals surface area contributed by atoms with E-state index in [0.717, 1.165) is 6.42 Å². The Labute approximate surface area is 333 Å². The molecule has 0 aromatic heterocycles. The minimum absolute atomic E-state index is 0. The number of carboxylic acids is 2. The first-order valence-electron chi connectivity index (χ1n) is 8.53. The van der Waals surface area contributed by atoms with E-state index in [2.05, 4.69) is 4.89 Å². The zero-order valence-electron chi connectivity index (χ0n) is 25.4. The van der Waals surface area contributed by atoms with Crippen LogP contribution < -0.4 is 104 Å². The largest absolute Gasteiger partial charge is 2.00 e. The Morgan fingerprint density at radius 2 is 1.06 bits per heavy atom. The standard InChI is InChI=1S/C6H12O.2C5H10O2.CH2O3.CHO2.2Ca.3Na.H2O.3H/c1-4-5(2)6(3)7;2*1-3-4(2)5(6)7;2-1-4-3;2-1-3;;;;;;;;;/h5H,4H2,1-3H3;2*4H,3H2,1-2H3,(H,6,7);1,3H;(H,2,3);;;;;;1H2;;;/q;;;;-1;2*+2;3*+1;;3*-1/p-4. The molecule has 34 heavy (non-hydrogen) atoms. The van der Waals surface area contributed by atoms with E-state index in [4.69, 9.17) is 20.0 Å². The van der Waals surface area contributed by atoms with Gasteiger partial charge in [-0.2, -0.15) is 0 Å². The average Bonchev–Trinajstić information content (AvgIpc) is 2.67. The molecule has 3 atom stereocenters. The van der Waals surface area contributed by atoms with E-state index in [0.29, 0.717) is 25.1 Å². The first-order chi connectivity index (χ1) is 12.9. The van der Waals surface area contributed by atoms with Crippen molar-refractivity contribution in [2.45, 2.75) is 67.7 Å². The van der Waals surface area contributed by atoms with E-state index in [1.807, 2.05) is 27.7 Å². The molecule has 2 N–H and O–H groups in total. The normalized spacial score (nSPS) is 9.29. The summed E-state index contributed by atoms with van der Waals surface area (Å²) in [5.74, 6) is -1.94. The first kappa shape index (κ1) is 70.9. The molecule has 0 fully saturated rings. The van der Waals surface area contributed by atoms with E-state index in [-0.39, 0.29) is 198 Å². The molecular formula is C18H36Ca2Na3O11-. The fourth-order valence-corrected chi connectivity index (χ4v) is 0.621. The van der Waals surface area contributed by atoms with Crippen LogP contribution in [0.15, 0.2) is 0 Å². The molecule has 182 valence electrons. The number of hydrogen-bond acceptors (Lipinski definition) is 10. The van der Waals surface area contributed by atoms with Crippen molar-refractivity contribution in [1.29, 1.82) is 0 Å². The Morgan fingerprint density at radius 1 is 0.882 bits per heavy atom. The van der Waals surface area contributed by atoms with Gasteiger partial charge in [0.1, 0.15) is 5.78 Å². The van der Waals surface area contributed by atoms with Crippen LogP contribution in [0.5, 0.6) is 0 Å². The van der Waals surface area contributed by atoms with Crippen LogP contribution in [0.2, 0.25) is 0 Å².